The van der Waals surface area contributed by atoms with Crippen LogP contribution in [-0.2, 0) is 4.74 Å². The molecule has 2 rings (SSSR count). The molecular formula is C13H24N4O2. The number of nitrogens with two attached hydrogens (primary N) is 1. The second kappa shape index (κ2) is 5.90. The quantitative estimate of drug-likeness (QED) is 0.624. The van der Waals surface area contributed by atoms with E-state index in [2.05, 4.69) is 31.3 Å². The zero-order valence-electron chi connectivity index (χ0n) is 12.1. The molecular weight excluding hydrogens is 244 g/mol. The van der Waals surface area contributed by atoms with E-state index in [0.717, 1.165) is 24.5 Å². The topological polar surface area (TPSA) is 74.3 Å². The summed E-state index contributed by atoms with van der Waals surface area (Å²) >= 11 is 0. The fraction of sp³-hybridized carbons (Fsp3) is 0.769. The highest BCUT2D eigenvalue weighted by molar-refractivity contribution is 5.30. The summed E-state index contributed by atoms with van der Waals surface area (Å²) in [4.78, 5) is 0. The predicted octanol–water partition coefficient (Wildman–Crippen LogP) is 1.40. The van der Waals surface area contributed by atoms with Crippen LogP contribution in [0.15, 0.2) is 6.20 Å². The van der Waals surface area contributed by atoms with Crippen LogP contribution in [0.5, 0.6) is 5.75 Å². The van der Waals surface area contributed by atoms with Gasteiger partial charge in [-0.2, -0.15) is 5.10 Å². The highest BCUT2D eigenvalue weighted by Crippen LogP contribution is 2.35. The molecule has 1 fully saturated rings. The summed E-state index contributed by atoms with van der Waals surface area (Å²) in [7, 11) is 1.65. The van der Waals surface area contributed by atoms with Crippen LogP contribution in [0.2, 0.25) is 0 Å². The molecule has 0 aromatic carbocycles. The van der Waals surface area contributed by atoms with Gasteiger partial charge in [0.2, 0.25) is 0 Å². The van der Waals surface area contributed by atoms with E-state index in [0.29, 0.717) is 5.92 Å². The Balaban J connectivity index is 2.38. The van der Waals surface area contributed by atoms with Crippen molar-refractivity contribution < 1.29 is 9.47 Å². The zero-order chi connectivity index (χ0) is 14.0. The van der Waals surface area contributed by atoms with Crippen molar-refractivity contribution in [2.24, 2.45) is 11.8 Å². The van der Waals surface area contributed by atoms with E-state index >= 15 is 0 Å². The Morgan fingerprint density at radius 1 is 1.58 bits per heavy atom. The molecule has 1 aliphatic rings. The smallest absolute Gasteiger partial charge is 0.161 e. The Morgan fingerprint density at radius 2 is 2.32 bits per heavy atom. The number of ether oxygens (including phenoxy) is 2. The maximum atomic E-state index is 5.84. The molecule has 6 nitrogen and oxygen atoms in total. The van der Waals surface area contributed by atoms with Crippen molar-refractivity contribution in [1.82, 2.24) is 15.2 Å². The lowest BCUT2D eigenvalue weighted by atomic mass is 9.95. The molecule has 1 aliphatic heterocycles. The van der Waals surface area contributed by atoms with Crippen LogP contribution in [0.3, 0.4) is 0 Å². The number of aromatic nitrogens is 2. The largest absolute Gasteiger partial charge is 0.493 e. The molecule has 6 heteroatoms. The number of methoxy groups -OCH3 is 1. The van der Waals surface area contributed by atoms with Gasteiger partial charge in [-0.1, -0.05) is 6.92 Å². The van der Waals surface area contributed by atoms with Gasteiger partial charge >= 0.3 is 0 Å². The van der Waals surface area contributed by atoms with E-state index in [1.807, 2.05) is 4.68 Å². The van der Waals surface area contributed by atoms with Crippen molar-refractivity contribution in [3.8, 4) is 5.75 Å². The average molecular weight is 268 g/mol. The highest BCUT2D eigenvalue weighted by Gasteiger charge is 2.36. The minimum atomic E-state index is -0.114. The molecule has 0 amide bonds. The molecule has 1 aromatic heterocycles. The van der Waals surface area contributed by atoms with Gasteiger partial charge in [-0.25, -0.2) is 5.43 Å². The Labute approximate surface area is 114 Å². The summed E-state index contributed by atoms with van der Waals surface area (Å²) in [5, 5.41) is 4.39. The predicted molar refractivity (Wildman–Crippen MR) is 72.7 cm³/mol. The molecule has 19 heavy (non-hydrogen) atoms. The molecule has 0 aliphatic carbocycles. The fourth-order valence-electron chi connectivity index (χ4n) is 2.69. The maximum absolute atomic E-state index is 5.84. The van der Waals surface area contributed by atoms with Crippen molar-refractivity contribution >= 4 is 0 Å². The molecule has 1 aromatic rings. The summed E-state index contributed by atoms with van der Waals surface area (Å²) in [6.07, 6.45) is 2.84. The van der Waals surface area contributed by atoms with Crippen LogP contribution in [0.25, 0.3) is 0 Å². The minimum absolute atomic E-state index is 0.0492. The number of nitrogens with zero attached hydrogens (tertiary/aromatic N) is 2. The van der Waals surface area contributed by atoms with Gasteiger partial charge in [-0.15, -0.1) is 0 Å². The molecule has 108 valence electrons. The normalized spacial score (nSPS) is 24.9. The zero-order valence-corrected chi connectivity index (χ0v) is 12.1. The Bertz CT molecular complexity index is 419. The maximum Gasteiger partial charge on any atom is 0.161 e. The standard InChI is InChI=1S/C13H24N4O2/c1-8(2)17-12(10(18-4)7-15-17)11(16-14)13-9(3)5-6-19-13/h7-9,11,13,16H,5-6,14H2,1-4H3. The number of hydrogen-bond acceptors (Lipinski definition) is 5. The second-order valence-electron chi connectivity index (χ2n) is 5.38. The van der Waals surface area contributed by atoms with E-state index < -0.39 is 0 Å². The van der Waals surface area contributed by atoms with Gasteiger partial charge in [0, 0.05) is 12.6 Å². The molecule has 0 radical (unpaired) electrons. The van der Waals surface area contributed by atoms with Crippen molar-refractivity contribution in [3.05, 3.63) is 11.9 Å². The third kappa shape index (κ3) is 2.61. The lowest BCUT2D eigenvalue weighted by Gasteiger charge is -2.27. The first-order chi connectivity index (χ1) is 9.10. The summed E-state index contributed by atoms with van der Waals surface area (Å²) in [5.74, 6) is 6.98. The monoisotopic (exact) mass is 268 g/mol. The molecule has 3 N–H and O–H groups in total. The van der Waals surface area contributed by atoms with Crippen molar-refractivity contribution in [2.75, 3.05) is 13.7 Å². The average Bonchev–Trinajstić information content (AvgIpc) is 2.98. The number of rotatable bonds is 5. The van der Waals surface area contributed by atoms with Crippen LogP contribution in [0, 0.1) is 5.92 Å². The van der Waals surface area contributed by atoms with E-state index in [-0.39, 0.29) is 18.2 Å². The van der Waals surface area contributed by atoms with Gasteiger partial charge in [0.1, 0.15) is 5.69 Å². The van der Waals surface area contributed by atoms with Gasteiger partial charge in [0.05, 0.1) is 25.5 Å². The third-order valence-corrected chi connectivity index (χ3v) is 3.75. The minimum Gasteiger partial charge on any atom is -0.493 e. The number of hydrogen-bond donors (Lipinski definition) is 2. The highest BCUT2D eigenvalue weighted by atomic mass is 16.5. The SMILES string of the molecule is COc1cnn(C(C)C)c1C(NN)C1OCCC1C. The molecule has 0 spiro atoms. The van der Waals surface area contributed by atoms with Crippen LogP contribution in [0.1, 0.15) is 45.0 Å². The van der Waals surface area contributed by atoms with Crippen LogP contribution in [-0.4, -0.2) is 29.6 Å². The van der Waals surface area contributed by atoms with E-state index in [4.69, 9.17) is 15.3 Å². The van der Waals surface area contributed by atoms with Gasteiger partial charge < -0.3 is 9.47 Å². The molecule has 3 unspecified atom stereocenters. The lowest BCUT2D eigenvalue weighted by molar-refractivity contribution is 0.0567. The van der Waals surface area contributed by atoms with Crippen LogP contribution in [0.4, 0.5) is 0 Å². The van der Waals surface area contributed by atoms with E-state index in [1.54, 1.807) is 13.3 Å². The third-order valence-electron chi connectivity index (χ3n) is 3.75. The lowest BCUT2D eigenvalue weighted by Crippen LogP contribution is -2.40. The molecule has 3 atom stereocenters. The first kappa shape index (κ1) is 14.3. The first-order valence-corrected chi connectivity index (χ1v) is 6.79. The summed E-state index contributed by atoms with van der Waals surface area (Å²) in [6, 6.07) is 0.129. The van der Waals surface area contributed by atoms with Crippen LogP contribution < -0.4 is 16.0 Å². The van der Waals surface area contributed by atoms with Crippen LogP contribution >= 0.6 is 0 Å². The Morgan fingerprint density at radius 3 is 2.79 bits per heavy atom. The summed E-state index contributed by atoms with van der Waals surface area (Å²) in [5.41, 5.74) is 3.84. The number of nitrogens with one attached hydrogen (secondary N) is 1. The summed E-state index contributed by atoms with van der Waals surface area (Å²) in [6.45, 7) is 7.14. The van der Waals surface area contributed by atoms with E-state index in [9.17, 15) is 0 Å². The van der Waals surface area contributed by atoms with E-state index in [1.165, 1.54) is 0 Å². The molecule has 1 saturated heterocycles. The molecule has 2 heterocycles. The van der Waals surface area contributed by atoms with Crippen molar-refractivity contribution in [3.63, 3.8) is 0 Å². The number of hydrazine groups is 1. The Kier molecular flexibility index (Phi) is 4.44. The van der Waals surface area contributed by atoms with Crippen molar-refractivity contribution in [1.29, 1.82) is 0 Å². The second-order valence-corrected chi connectivity index (χ2v) is 5.38. The van der Waals surface area contributed by atoms with Gasteiger partial charge in [0.25, 0.3) is 0 Å². The van der Waals surface area contributed by atoms with Gasteiger partial charge in [0.15, 0.2) is 5.75 Å². The first-order valence-electron chi connectivity index (χ1n) is 6.79. The Hall–Kier alpha value is -1.11. The fourth-order valence-corrected chi connectivity index (χ4v) is 2.69. The molecule has 0 bridgehead atoms. The van der Waals surface area contributed by atoms with Gasteiger partial charge in [-0.05, 0) is 26.2 Å². The van der Waals surface area contributed by atoms with Crippen molar-refractivity contribution in [2.45, 2.75) is 45.4 Å². The van der Waals surface area contributed by atoms with Gasteiger partial charge in [-0.3, -0.25) is 10.5 Å². The summed E-state index contributed by atoms with van der Waals surface area (Å²) < 4.78 is 13.2. The molecule has 0 saturated carbocycles.